The lowest BCUT2D eigenvalue weighted by atomic mass is 9.86. The number of rotatable bonds is 1. The zero-order chi connectivity index (χ0) is 18.4. The van der Waals surface area contributed by atoms with Crippen LogP contribution >= 0.6 is 0 Å². The number of halogens is 3. The number of alkyl halides is 3. The summed E-state index contributed by atoms with van der Waals surface area (Å²) >= 11 is 0. The van der Waals surface area contributed by atoms with Gasteiger partial charge in [0.25, 0.3) is 0 Å². The number of hydrogen-bond acceptors (Lipinski definition) is 2. The Morgan fingerprint density at radius 3 is 1.92 bits per heavy atom. The first kappa shape index (κ1) is 17.3. The van der Waals surface area contributed by atoms with Crippen molar-refractivity contribution in [2.75, 3.05) is 0 Å². The van der Waals surface area contributed by atoms with E-state index in [1.807, 2.05) is 20.8 Å². The first-order valence-corrected chi connectivity index (χ1v) is 7.83. The molecule has 5 heteroatoms. The summed E-state index contributed by atoms with van der Waals surface area (Å²) in [6, 6.07) is 12.2. The number of benzene rings is 2. The Balaban J connectivity index is 2.31. The first-order valence-electron chi connectivity index (χ1n) is 7.83. The molecule has 0 radical (unpaired) electrons. The normalized spacial score (nSPS) is 12.6. The van der Waals surface area contributed by atoms with Gasteiger partial charge in [-0.3, -0.25) is 0 Å². The van der Waals surface area contributed by atoms with Gasteiger partial charge in [-0.05, 0) is 17.0 Å². The van der Waals surface area contributed by atoms with Crippen LogP contribution in [0.25, 0.3) is 22.1 Å². The molecule has 0 saturated carbocycles. The van der Waals surface area contributed by atoms with Crippen LogP contribution in [0.2, 0.25) is 0 Å². The van der Waals surface area contributed by atoms with Crippen LogP contribution in [0.3, 0.4) is 0 Å². The van der Waals surface area contributed by atoms with Gasteiger partial charge in [-0.2, -0.15) is 13.2 Å². The zero-order valence-electron chi connectivity index (χ0n) is 14.1. The van der Waals surface area contributed by atoms with Gasteiger partial charge >= 0.3 is 11.8 Å². The van der Waals surface area contributed by atoms with Gasteiger partial charge < -0.3 is 4.42 Å². The molecule has 0 amide bonds. The summed E-state index contributed by atoms with van der Waals surface area (Å²) in [5.41, 5.74) is -0.629. The predicted molar refractivity (Wildman–Crippen MR) is 91.6 cm³/mol. The van der Waals surface area contributed by atoms with Gasteiger partial charge in [0.1, 0.15) is 5.56 Å². The van der Waals surface area contributed by atoms with Gasteiger partial charge in [-0.15, -0.1) is 0 Å². The van der Waals surface area contributed by atoms with Gasteiger partial charge in [0.2, 0.25) is 0 Å². The lowest BCUT2D eigenvalue weighted by Crippen LogP contribution is -2.13. The van der Waals surface area contributed by atoms with Crippen LogP contribution in [0.5, 0.6) is 0 Å². The van der Waals surface area contributed by atoms with Crippen molar-refractivity contribution in [3.8, 4) is 11.3 Å². The summed E-state index contributed by atoms with van der Waals surface area (Å²) in [4.78, 5) is 12.1. The molecule has 0 aliphatic heterocycles. The molecule has 130 valence electrons. The molecule has 25 heavy (non-hydrogen) atoms. The number of hydrogen-bond donors (Lipinski definition) is 0. The van der Waals surface area contributed by atoms with Crippen LogP contribution in [0.4, 0.5) is 13.2 Å². The molecule has 2 aromatic carbocycles. The van der Waals surface area contributed by atoms with E-state index in [0.29, 0.717) is 0 Å². The fourth-order valence-electron chi connectivity index (χ4n) is 2.81. The molecule has 0 saturated heterocycles. The third-order valence-corrected chi connectivity index (χ3v) is 4.13. The third kappa shape index (κ3) is 3.18. The molecule has 0 atom stereocenters. The molecule has 0 fully saturated rings. The Morgan fingerprint density at radius 1 is 0.840 bits per heavy atom. The van der Waals surface area contributed by atoms with E-state index in [-0.39, 0.29) is 21.8 Å². The van der Waals surface area contributed by atoms with Crippen molar-refractivity contribution in [1.29, 1.82) is 0 Å². The van der Waals surface area contributed by atoms with Crippen LogP contribution < -0.4 is 5.63 Å². The van der Waals surface area contributed by atoms with E-state index in [0.717, 1.165) is 5.56 Å². The molecule has 0 spiro atoms. The highest BCUT2D eigenvalue weighted by Gasteiger charge is 2.38. The summed E-state index contributed by atoms with van der Waals surface area (Å²) in [5, 5.41) is -0.231. The molecule has 0 bridgehead atoms. The van der Waals surface area contributed by atoms with Crippen LogP contribution in [-0.4, -0.2) is 0 Å². The van der Waals surface area contributed by atoms with Crippen molar-refractivity contribution < 1.29 is 17.6 Å². The molecule has 0 aliphatic carbocycles. The second kappa shape index (κ2) is 5.76. The Hall–Kier alpha value is -2.56. The highest BCUT2D eigenvalue weighted by Crippen LogP contribution is 2.40. The lowest BCUT2D eigenvalue weighted by molar-refractivity contribution is -0.136. The maximum Gasteiger partial charge on any atom is 0.420 e. The summed E-state index contributed by atoms with van der Waals surface area (Å²) in [6.45, 7) is 6.04. The standard InChI is InChI=1S/C20H17F3O2/c1-19(2,3)13-10-8-12(9-11-13)17-16(20(21,22)23)14-6-4-5-7-15(14)18(24)25-17/h4-11H,1-3H3. The fourth-order valence-corrected chi connectivity index (χ4v) is 2.81. The maximum absolute atomic E-state index is 13.7. The molecule has 3 aromatic rings. The summed E-state index contributed by atoms with van der Waals surface area (Å²) in [6.07, 6.45) is -4.64. The topological polar surface area (TPSA) is 30.2 Å². The van der Waals surface area contributed by atoms with Crippen LogP contribution in [0, 0.1) is 0 Å². The monoisotopic (exact) mass is 346 g/mol. The van der Waals surface area contributed by atoms with Crippen molar-refractivity contribution in [2.45, 2.75) is 32.4 Å². The van der Waals surface area contributed by atoms with E-state index >= 15 is 0 Å². The minimum absolute atomic E-state index is 0.0788. The van der Waals surface area contributed by atoms with Crippen LogP contribution in [-0.2, 0) is 11.6 Å². The Labute approximate surface area is 142 Å². The molecule has 0 aliphatic rings. The largest absolute Gasteiger partial charge is 0.422 e. The van der Waals surface area contributed by atoms with Crippen LogP contribution in [0.1, 0.15) is 31.9 Å². The molecule has 3 rings (SSSR count). The van der Waals surface area contributed by atoms with Crippen molar-refractivity contribution in [3.63, 3.8) is 0 Å². The first-order chi connectivity index (χ1) is 11.6. The minimum Gasteiger partial charge on any atom is -0.422 e. The second-order valence-corrected chi connectivity index (χ2v) is 6.96. The molecule has 0 N–H and O–H groups in total. The molecular weight excluding hydrogens is 329 g/mol. The van der Waals surface area contributed by atoms with E-state index in [9.17, 15) is 18.0 Å². The second-order valence-electron chi connectivity index (χ2n) is 6.96. The van der Waals surface area contributed by atoms with Crippen molar-refractivity contribution in [1.82, 2.24) is 0 Å². The highest BCUT2D eigenvalue weighted by molar-refractivity contribution is 5.89. The SMILES string of the molecule is CC(C)(C)c1ccc(-c2oc(=O)c3ccccc3c2C(F)(F)F)cc1. The lowest BCUT2D eigenvalue weighted by Gasteiger charge is -2.19. The highest BCUT2D eigenvalue weighted by atomic mass is 19.4. The summed E-state index contributed by atoms with van der Waals surface area (Å²) in [7, 11) is 0. The van der Waals surface area contributed by atoms with E-state index in [1.165, 1.54) is 24.3 Å². The van der Waals surface area contributed by atoms with Crippen molar-refractivity contribution in [3.05, 3.63) is 70.1 Å². The average molecular weight is 346 g/mol. The van der Waals surface area contributed by atoms with Crippen molar-refractivity contribution in [2.24, 2.45) is 0 Å². The third-order valence-electron chi connectivity index (χ3n) is 4.13. The van der Waals surface area contributed by atoms with Gasteiger partial charge in [0, 0.05) is 10.9 Å². The van der Waals surface area contributed by atoms with Gasteiger partial charge in [-0.25, -0.2) is 4.79 Å². The fraction of sp³-hybridized carbons (Fsp3) is 0.250. The Bertz CT molecular complexity index is 975. The van der Waals surface area contributed by atoms with E-state index in [4.69, 9.17) is 4.42 Å². The summed E-state index contributed by atoms with van der Waals surface area (Å²) in [5.74, 6) is -0.448. The van der Waals surface area contributed by atoms with Crippen LogP contribution in [0.15, 0.2) is 57.7 Å². The molecule has 0 unspecified atom stereocenters. The summed E-state index contributed by atoms with van der Waals surface area (Å²) < 4.78 is 46.2. The quantitative estimate of drug-likeness (QED) is 0.559. The Kier molecular flexibility index (Phi) is 3.98. The predicted octanol–water partition coefficient (Wildman–Crippen LogP) is 5.78. The maximum atomic E-state index is 13.7. The zero-order valence-corrected chi connectivity index (χ0v) is 14.1. The van der Waals surface area contributed by atoms with E-state index in [2.05, 4.69) is 0 Å². The smallest absolute Gasteiger partial charge is 0.420 e. The molecular formula is C20H17F3O2. The van der Waals surface area contributed by atoms with Crippen molar-refractivity contribution >= 4 is 10.8 Å². The molecule has 1 heterocycles. The van der Waals surface area contributed by atoms with Gasteiger partial charge in [-0.1, -0.05) is 63.2 Å². The van der Waals surface area contributed by atoms with E-state index in [1.54, 1.807) is 24.3 Å². The van der Waals surface area contributed by atoms with Gasteiger partial charge in [0.05, 0.1) is 5.39 Å². The molecule has 1 aromatic heterocycles. The number of fused-ring (bicyclic) bond motifs is 1. The molecule has 2 nitrogen and oxygen atoms in total. The van der Waals surface area contributed by atoms with E-state index < -0.39 is 23.1 Å². The Morgan fingerprint density at radius 2 is 1.40 bits per heavy atom. The minimum atomic E-state index is -4.64. The average Bonchev–Trinajstić information content (AvgIpc) is 2.53. The van der Waals surface area contributed by atoms with Gasteiger partial charge in [0.15, 0.2) is 5.76 Å².